The van der Waals surface area contributed by atoms with Crippen molar-refractivity contribution >= 4 is 55.6 Å². The van der Waals surface area contributed by atoms with Crippen LogP contribution in [0, 0.1) is 0 Å². The predicted octanol–water partition coefficient (Wildman–Crippen LogP) is 3.04. The molecule has 6 heteroatoms. The molecule has 1 aromatic rings. The zero-order valence-corrected chi connectivity index (χ0v) is 11.6. The first-order valence-electron chi connectivity index (χ1n) is 3.55. The maximum Gasteiger partial charge on any atom is 0.0843 e. The SMILES string of the molecule is Cl.NCC[C@H](N)c1cc(Br)c(Br)s1. The van der Waals surface area contributed by atoms with Crippen molar-refractivity contribution in [1.29, 1.82) is 0 Å². The molecule has 0 saturated heterocycles. The molecule has 1 atom stereocenters. The smallest absolute Gasteiger partial charge is 0.0843 e. The summed E-state index contributed by atoms with van der Waals surface area (Å²) >= 11 is 8.48. The van der Waals surface area contributed by atoms with E-state index in [2.05, 4.69) is 31.9 Å². The van der Waals surface area contributed by atoms with Crippen LogP contribution in [-0.2, 0) is 0 Å². The van der Waals surface area contributed by atoms with Crippen molar-refractivity contribution in [2.75, 3.05) is 6.54 Å². The number of hydrogen-bond donors (Lipinski definition) is 2. The third-order valence-corrected chi connectivity index (χ3v) is 4.90. The highest BCUT2D eigenvalue weighted by molar-refractivity contribution is 9.13. The minimum absolute atomic E-state index is 0. The Morgan fingerprint density at radius 1 is 1.46 bits per heavy atom. The summed E-state index contributed by atoms with van der Waals surface area (Å²) in [5.41, 5.74) is 11.3. The van der Waals surface area contributed by atoms with Gasteiger partial charge in [-0.25, -0.2) is 0 Å². The first kappa shape index (κ1) is 13.9. The fourth-order valence-corrected chi connectivity index (χ4v) is 2.99. The standard InChI is InChI=1S/C7H10Br2N2S.ClH/c8-4-3-6(12-7(4)9)5(11)1-2-10;/h3,5H,1-2,10-11H2;1H/t5-;/m0./s1. The molecular formula is C7H11Br2ClN2S. The molecule has 76 valence electrons. The summed E-state index contributed by atoms with van der Waals surface area (Å²) in [6, 6.07) is 2.11. The van der Waals surface area contributed by atoms with Gasteiger partial charge in [0, 0.05) is 15.4 Å². The molecule has 0 aliphatic heterocycles. The van der Waals surface area contributed by atoms with Crippen molar-refractivity contribution in [1.82, 2.24) is 0 Å². The third-order valence-electron chi connectivity index (χ3n) is 1.51. The highest BCUT2D eigenvalue weighted by atomic mass is 79.9. The second-order valence-corrected chi connectivity index (χ2v) is 5.71. The van der Waals surface area contributed by atoms with Gasteiger partial charge in [0.15, 0.2) is 0 Å². The van der Waals surface area contributed by atoms with Gasteiger partial charge in [0.2, 0.25) is 0 Å². The van der Waals surface area contributed by atoms with Crippen LogP contribution in [0.4, 0.5) is 0 Å². The Morgan fingerprint density at radius 2 is 2.08 bits per heavy atom. The van der Waals surface area contributed by atoms with Crippen molar-refractivity contribution in [3.05, 3.63) is 19.2 Å². The number of rotatable bonds is 3. The lowest BCUT2D eigenvalue weighted by atomic mass is 10.2. The van der Waals surface area contributed by atoms with Crippen LogP contribution in [0.15, 0.2) is 14.3 Å². The van der Waals surface area contributed by atoms with Crippen molar-refractivity contribution in [3.63, 3.8) is 0 Å². The van der Waals surface area contributed by atoms with Gasteiger partial charge in [-0.05, 0) is 50.9 Å². The summed E-state index contributed by atoms with van der Waals surface area (Å²) < 4.78 is 2.15. The largest absolute Gasteiger partial charge is 0.330 e. The molecule has 4 N–H and O–H groups in total. The van der Waals surface area contributed by atoms with Gasteiger partial charge in [-0.15, -0.1) is 23.7 Å². The van der Waals surface area contributed by atoms with Gasteiger partial charge in [0.1, 0.15) is 0 Å². The van der Waals surface area contributed by atoms with Crippen LogP contribution in [-0.4, -0.2) is 6.54 Å². The van der Waals surface area contributed by atoms with E-state index in [0.717, 1.165) is 14.7 Å². The van der Waals surface area contributed by atoms with E-state index in [9.17, 15) is 0 Å². The van der Waals surface area contributed by atoms with Crippen molar-refractivity contribution < 1.29 is 0 Å². The molecule has 0 fully saturated rings. The van der Waals surface area contributed by atoms with Gasteiger partial charge in [-0.3, -0.25) is 0 Å². The summed E-state index contributed by atoms with van der Waals surface area (Å²) in [4.78, 5) is 1.17. The van der Waals surface area contributed by atoms with Gasteiger partial charge >= 0.3 is 0 Å². The van der Waals surface area contributed by atoms with E-state index >= 15 is 0 Å². The first-order valence-corrected chi connectivity index (χ1v) is 5.95. The molecule has 0 spiro atoms. The Bertz CT molecular complexity index is 247. The quantitative estimate of drug-likeness (QED) is 0.880. The highest BCUT2D eigenvalue weighted by Crippen LogP contribution is 2.35. The lowest BCUT2D eigenvalue weighted by molar-refractivity contribution is 0.672. The molecule has 1 heterocycles. The fraction of sp³-hybridized carbons (Fsp3) is 0.429. The summed E-state index contributed by atoms with van der Waals surface area (Å²) in [6.45, 7) is 0.633. The van der Waals surface area contributed by atoms with E-state index in [4.69, 9.17) is 11.5 Å². The Morgan fingerprint density at radius 3 is 2.46 bits per heavy atom. The van der Waals surface area contributed by atoms with Gasteiger partial charge < -0.3 is 11.5 Å². The van der Waals surface area contributed by atoms with E-state index in [0.29, 0.717) is 6.54 Å². The number of thiophene rings is 1. The van der Waals surface area contributed by atoms with Crippen molar-refractivity contribution in [2.45, 2.75) is 12.5 Å². The first-order chi connectivity index (χ1) is 5.65. The summed E-state index contributed by atoms with van der Waals surface area (Å²) in [5.74, 6) is 0. The molecular weight excluding hydrogens is 339 g/mol. The Labute approximate surface area is 105 Å². The van der Waals surface area contributed by atoms with E-state index in [-0.39, 0.29) is 18.4 Å². The van der Waals surface area contributed by atoms with Crippen LogP contribution in [0.3, 0.4) is 0 Å². The van der Waals surface area contributed by atoms with E-state index in [1.54, 1.807) is 11.3 Å². The maximum atomic E-state index is 5.88. The predicted molar refractivity (Wildman–Crippen MR) is 67.6 cm³/mol. The van der Waals surface area contributed by atoms with E-state index < -0.39 is 0 Å². The zero-order chi connectivity index (χ0) is 9.14. The van der Waals surface area contributed by atoms with E-state index in [1.165, 1.54) is 4.88 Å². The molecule has 0 unspecified atom stereocenters. The fourth-order valence-electron chi connectivity index (χ4n) is 0.868. The Hall–Kier alpha value is 0.870. The van der Waals surface area contributed by atoms with Crippen LogP contribution in [0.25, 0.3) is 0 Å². The maximum absolute atomic E-state index is 5.88. The molecule has 13 heavy (non-hydrogen) atoms. The molecule has 0 amide bonds. The second kappa shape index (κ2) is 6.37. The number of hydrogen-bond acceptors (Lipinski definition) is 3. The topological polar surface area (TPSA) is 52.0 Å². The zero-order valence-electron chi connectivity index (χ0n) is 6.80. The minimum Gasteiger partial charge on any atom is -0.330 e. The molecule has 0 saturated carbocycles. The average Bonchev–Trinajstić information content (AvgIpc) is 2.33. The van der Waals surface area contributed by atoms with Gasteiger partial charge in [-0.1, -0.05) is 0 Å². The molecule has 2 nitrogen and oxygen atoms in total. The molecule has 1 rings (SSSR count). The summed E-state index contributed by atoms with van der Waals surface area (Å²) in [7, 11) is 0. The number of nitrogens with two attached hydrogens (primary N) is 2. The van der Waals surface area contributed by atoms with Crippen molar-refractivity contribution in [2.24, 2.45) is 11.5 Å². The lowest BCUT2D eigenvalue weighted by Crippen LogP contribution is -2.13. The van der Waals surface area contributed by atoms with Gasteiger partial charge in [-0.2, -0.15) is 0 Å². The molecule has 0 radical (unpaired) electrons. The normalized spacial score (nSPS) is 12.3. The number of halogens is 3. The van der Waals surface area contributed by atoms with Crippen LogP contribution in [0.1, 0.15) is 17.3 Å². The van der Waals surface area contributed by atoms with E-state index in [1.807, 2.05) is 6.07 Å². The monoisotopic (exact) mass is 348 g/mol. The van der Waals surface area contributed by atoms with Crippen LogP contribution in [0.2, 0.25) is 0 Å². The second-order valence-electron chi connectivity index (χ2n) is 2.45. The third kappa shape index (κ3) is 3.85. The minimum atomic E-state index is 0. The Kier molecular flexibility index (Phi) is 6.80. The van der Waals surface area contributed by atoms with Gasteiger partial charge in [0.05, 0.1) is 3.79 Å². The molecule has 0 bridgehead atoms. The summed E-state index contributed by atoms with van der Waals surface area (Å²) in [6.07, 6.45) is 0.833. The van der Waals surface area contributed by atoms with Crippen LogP contribution in [0.5, 0.6) is 0 Å². The van der Waals surface area contributed by atoms with Crippen molar-refractivity contribution in [3.8, 4) is 0 Å². The Balaban J connectivity index is 0.00000144. The lowest BCUT2D eigenvalue weighted by Gasteiger charge is -2.05. The van der Waals surface area contributed by atoms with Crippen LogP contribution < -0.4 is 11.5 Å². The van der Waals surface area contributed by atoms with Crippen LogP contribution >= 0.6 is 55.6 Å². The molecule has 0 aromatic carbocycles. The highest BCUT2D eigenvalue weighted by Gasteiger charge is 2.10. The molecule has 1 aromatic heterocycles. The average molecular weight is 351 g/mol. The molecule has 0 aliphatic rings. The molecule has 0 aliphatic carbocycles. The summed E-state index contributed by atoms with van der Waals surface area (Å²) in [5, 5.41) is 0. The van der Waals surface area contributed by atoms with Gasteiger partial charge in [0.25, 0.3) is 0 Å².